The second-order valence-electron chi connectivity index (χ2n) is 2.82. The first-order chi connectivity index (χ1) is 6.72. The fourth-order valence-corrected chi connectivity index (χ4v) is 1.06. The molecule has 0 spiro atoms. The summed E-state index contributed by atoms with van der Waals surface area (Å²) in [5.41, 5.74) is 0.998. The zero-order chi connectivity index (χ0) is 10.4. The number of pyridine rings is 1. The van der Waals surface area contributed by atoms with Gasteiger partial charge < -0.3 is 10.1 Å². The van der Waals surface area contributed by atoms with Gasteiger partial charge in [-0.2, -0.15) is 0 Å². The minimum absolute atomic E-state index is 0.465. The van der Waals surface area contributed by atoms with Crippen molar-refractivity contribution in [1.29, 1.82) is 0 Å². The van der Waals surface area contributed by atoms with Gasteiger partial charge in [-0.1, -0.05) is 22.5 Å². The van der Waals surface area contributed by atoms with Crippen molar-refractivity contribution in [1.82, 2.24) is 10.3 Å². The van der Waals surface area contributed by atoms with Crippen LogP contribution in [-0.4, -0.2) is 18.6 Å². The molecule has 0 aliphatic heterocycles. The highest BCUT2D eigenvalue weighted by Crippen LogP contribution is 2.11. The second-order valence-corrected chi connectivity index (χ2v) is 3.94. The average molecular weight is 257 g/mol. The van der Waals surface area contributed by atoms with Crippen molar-refractivity contribution in [3.05, 3.63) is 35.1 Å². The van der Waals surface area contributed by atoms with Crippen LogP contribution in [0.15, 0.2) is 29.4 Å². The predicted octanol–water partition coefficient (Wildman–Crippen LogP) is 2.09. The molecule has 76 valence electrons. The van der Waals surface area contributed by atoms with E-state index in [2.05, 4.69) is 32.8 Å². The van der Waals surface area contributed by atoms with E-state index >= 15 is 0 Å². The van der Waals surface area contributed by atoms with Crippen LogP contribution in [0.3, 0.4) is 0 Å². The van der Waals surface area contributed by atoms with Gasteiger partial charge in [0.2, 0.25) is 0 Å². The largest absolute Gasteiger partial charge is 0.487 e. The zero-order valence-corrected chi connectivity index (χ0v) is 9.67. The van der Waals surface area contributed by atoms with Gasteiger partial charge in [-0.25, -0.2) is 0 Å². The van der Waals surface area contributed by atoms with Crippen molar-refractivity contribution < 1.29 is 4.74 Å². The highest BCUT2D eigenvalue weighted by Gasteiger charge is 1.96. The molecule has 0 bridgehead atoms. The van der Waals surface area contributed by atoms with Crippen LogP contribution in [-0.2, 0) is 6.54 Å². The van der Waals surface area contributed by atoms with Gasteiger partial charge in [0.1, 0.15) is 12.4 Å². The Hall–Kier alpha value is -0.870. The van der Waals surface area contributed by atoms with Crippen LogP contribution < -0.4 is 10.1 Å². The lowest BCUT2D eigenvalue weighted by molar-refractivity contribution is 0.359. The molecule has 1 heterocycles. The second kappa shape index (κ2) is 5.78. The van der Waals surface area contributed by atoms with Gasteiger partial charge >= 0.3 is 0 Å². The normalized spacial score (nSPS) is 9.86. The Kier molecular flexibility index (Phi) is 4.62. The summed E-state index contributed by atoms with van der Waals surface area (Å²) in [6, 6.07) is 3.83. The fourth-order valence-electron chi connectivity index (χ4n) is 0.944. The third-order valence-corrected chi connectivity index (χ3v) is 1.78. The van der Waals surface area contributed by atoms with E-state index in [1.165, 1.54) is 0 Å². The molecule has 0 unspecified atom stereocenters. The lowest BCUT2D eigenvalue weighted by Crippen LogP contribution is -2.06. The highest BCUT2D eigenvalue weighted by molar-refractivity contribution is 9.11. The monoisotopic (exact) mass is 256 g/mol. The zero-order valence-electron chi connectivity index (χ0n) is 8.09. The van der Waals surface area contributed by atoms with Crippen molar-refractivity contribution in [3.8, 4) is 5.75 Å². The average Bonchev–Trinajstić information content (AvgIpc) is 2.17. The minimum Gasteiger partial charge on any atom is -0.487 e. The smallest absolute Gasteiger partial charge is 0.138 e. The maximum absolute atomic E-state index is 5.37. The number of hydrogen-bond acceptors (Lipinski definition) is 3. The maximum atomic E-state index is 5.37. The molecule has 0 aromatic carbocycles. The third-order valence-electron chi connectivity index (χ3n) is 1.55. The molecule has 0 radical (unpaired) electrons. The molecule has 1 aromatic rings. The summed E-state index contributed by atoms with van der Waals surface area (Å²) in [6.07, 6.45) is 1.71. The van der Waals surface area contributed by atoms with Gasteiger partial charge in [-0.05, 0) is 19.2 Å². The molecular weight excluding hydrogens is 244 g/mol. The molecule has 0 saturated carbocycles. The summed E-state index contributed by atoms with van der Waals surface area (Å²) in [5, 5.41) is 3.03. The summed E-state index contributed by atoms with van der Waals surface area (Å²) >= 11 is 3.22. The first-order valence-electron chi connectivity index (χ1n) is 4.28. The Labute approximate surface area is 92.3 Å². The van der Waals surface area contributed by atoms with E-state index in [9.17, 15) is 0 Å². The maximum Gasteiger partial charge on any atom is 0.138 e. The molecule has 0 aliphatic rings. The lowest BCUT2D eigenvalue weighted by atomic mass is 10.3. The molecular formula is C10H13BrN2O. The highest BCUT2D eigenvalue weighted by atomic mass is 79.9. The summed E-state index contributed by atoms with van der Waals surface area (Å²) in [6.45, 7) is 4.91. The standard InChI is InChI=1S/C10H13BrN2O/c1-8(11)7-14-10-4-3-9(5-12-2)13-6-10/h3-4,6,12H,1,5,7H2,2H3. The quantitative estimate of drug-likeness (QED) is 0.877. The van der Waals surface area contributed by atoms with Gasteiger partial charge in [0, 0.05) is 11.0 Å². The summed E-state index contributed by atoms with van der Waals surface area (Å²) < 4.78 is 6.19. The number of halogens is 1. The van der Waals surface area contributed by atoms with Crippen LogP contribution in [0.4, 0.5) is 0 Å². The number of nitrogens with zero attached hydrogens (tertiary/aromatic N) is 1. The van der Waals surface area contributed by atoms with Crippen LogP contribution in [0, 0.1) is 0 Å². The SMILES string of the molecule is C=C(Br)COc1ccc(CNC)nc1. The number of aromatic nitrogens is 1. The Morgan fingerprint density at radius 1 is 1.64 bits per heavy atom. The van der Waals surface area contributed by atoms with E-state index in [0.29, 0.717) is 6.61 Å². The van der Waals surface area contributed by atoms with Crippen molar-refractivity contribution in [3.63, 3.8) is 0 Å². The number of rotatable bonds is 5. The van der Waals surface area contributed by atoms with E-state index in [1.54, 1.807) is 6.20 Å². The molecule has 1 N–H and O–H groups in total. The Balaban J connectivity index is 2.50. The van der Waals surface area contributed by atoms with E-state index in [4.69, 9.17) is 4.74 Å². The van der Waals surface area contributed by atoms with Crippen molar-refractivity contribution in [2.75, 3.05) is 13.7 Å². The molecule has 14 heavy (non-hydrogen) atoms. The first kappa shape index (κ1) is 11.2. The minimum atomic E-state index is 0.465. The Morgan fingerprint density at radius 2 is 2.43 bits per heavy atom. The van der Waals surface area contributed by atoms with Gasteiger partial charge in [0.15, 0.2) is 0 Å². The van der Waals surface area contributed by atoms with Gasteiger partial charge in [0.25, 0.3) is 0 Å². The number of hydrogen-bond donors (Lipinski definition) is 1. The third kappa shape index (κ3) is 3.89. The predicted molar refractivity (Wildman–Crippen MR) is 60.6 cm³/mol. The topological polar surface area (TPSA) is 34.1 Å². The van der Waals surface area contributed by atoms with Crippen LogP contribution in [0.2, 0.25) is 0 Å². The Bertz CT molecular complexity index is 297. The van der Waals surface area contributed by atoms with Crippen LogP contribution in [0.1, 0.15) is 5.69 Å². The molecule has 1 aromatic heterocycles. The summed E-state index contributed by atoms with van der Waals surface area (Å²) in [5.74, 6) is 0.755. The van der Waals surface area contributed by atoms with Crippen molar-refractivity contribution >= 4 is 15.9 Å². The molecule has 0 atom stereocenters. The van der Waals surface area contributed by atoms with E-state index in [1.807, 2.05) is 19.2 Å². The molecule has 0 amide bonds. The van der Waals surface area contributed by atoms with Crippen molar-refractivity contribution in [2.45, 2.75) is 6.54 Å². The number of ether oxygens (including phenoxy) is 1. The summed E-state index contributed by atoms with van der Waals surface area (Å²) in [4.78, 5) is 4.21. The lowest BCUT2D eigenvalue weighted by Gasteiger charge is -2.05. The van der Waals surface area contributed by atoms with Crippen LogP contribution in [0.5, 0.6) is 5.75 Å². The van der Waals surface area contributed by atoms with Gasteiger partial charge in [-0.3, -0.25) is 4.98 Å². The van der Waals surface area contributed by atoms with Crippen LogP contribution in [0.25, 0.3) is 0 Å². The molecule has 4 heteroatoms. The molecule has 3 nitrogen and oxygen atoms in total. The molecule has 0 fully saturated rings. The Morgan fingerprint density at radius 3 is 2.93 bits per heavy atom. The van der Waals surface area contributed by atoms with Gasteiger partial charge in [0.05, 0.1) is 11.9 Å². The molecule has 0 saturated heterocycles. The van der Waals surface area contributed by atoms with E-state index in [-0.39, 0.29) is 0 Å². The molecule has 0 aliphatic carbocycles. The summed E-state index contributed by atoms with van der Waals surface area (Å²) in [7, 11) is 1.89. The van der Waals surface area contributed by atoms with E-state index < -0.39 is 0 Å². The van der Waals surface area contributed by atoms with Crippen molar-refractivity contribution in [2.24, 2.45) is 0 Å². The van der Waals surface area contributed by atoms with E-state index in [0.717, 1.165) is 22.5 Å². The van der Waals surface area contributed by atoms with Gasteiger partial charge in [-0.15, -0.1) is 0 Å². The molecule has 1 rings (SSSR count). The fraction of sp³-hybridized carbons (Fsp3) is 0.300. The first-order valence-corrected chi connectivity index (χ1v) is 5.07. The number of nitrogens with one attached hydrogen (secondary N) is 1. The van der Waals surface area contributed by atoms with Crippen LogP contribution >= 0.6 is 15.9 Å².